The van der Waals surface area contributed by atoms with Gasteiger partial charge in [-0.3, -0.25) is 9.29 Å². The Bertz CT molecular complexity index is 1210. The molecule has 0 radical (unpaired) electrons. The van der Waals surface area contributed by atoms with Crippen molar-refractivity contribution in [3.8, 4) is 5.69 Å². The van der Waals surface area contributed by atoms with Gasteiger partial charge in [0, 0.05) is 4.88 Å². The van der Waals surface area contributed by atoms with E-state index < -0.39 is 21.8 Å². The van der Waals surface area contributed by atoms with Crippen molar-refractivity contribution in [2.75, 3.05) is 10.5 Å². The Morgan fingerprint density at radius 2 is 1.88 bits per heavy atom. The van der Waals surface area contributed by atoms with Gasteiger partial charge in [0.05, 0.1) is 20.9 Å². The maximum atomic E-state index is 13.0. The Kier molecular flexibility index (Phi) is 7.69. The quantitative estimate of drug-likeness (QED) is 0.416. The highest BCUT2D eigenvalue weighted by Gasteiger charge is 2.29. The summed E-state index contributed by atoms with van der Waals surface area (Å²) in [4.78, 5) is 17.8. The summed E-state index contributed by atoms with van der Waals surface area (Å²) < 4.78 is 30.7. The summed E-state index contributed by atoms with van der Waals surface area (Å²) in [5.74, 6) is 1.33. The van der Waals surface area contributed by atoms with E-state index >= 15 is 0 Å². The predicted molar refractivity (Wildman–Crippen MR) is 131 cm³/mol. The van der Waals surface area contributed by atoms with Crippen molar-refractivity contribution < 1.29 is 13.5 Å². The summed E-state index contributed by atoms with van der Waals surface area (Å²) in [7, 11) is -3.94. The van der Waals surface area contributed by atoms with Gasteiger partial charge in [-0.1, -0.05) is 38.5 Å². The average molecular weight is 496 g/mol. The molecular weight excluding hydrogens is 466 g/mol. The first-order valence-corrected chi connectivity index (χ1v) is 13.8. The highest BCUT2D eigenvalue weighted by atomic mass is 32.2. The second-order valence-corrected chi connectivity index (χ2v) is 12.4. The molecule has 0 aromatic heterocycles. The predicted octanol–water partition coefficient (Wildman–Crippen LogP) is 4.73. The van der Waals surface area contributed by atoms with Crippen LogP contribution in [-0.4, -0.2) is 28.8 Å². The number of fused-ring (bicyclic) bond motifs is 1. The molecule has 0 saturated carbocycles. The lowest BCUT2D eigenvalue weighted by Gasteiger charge is -2.20. The fourth-order valence-corrected chi connectivity index (χ4v) is 7.11. The molecule has 1 unspecified atom stereocenters. The summed E-state index contributed by atoms with van der Waals surface area (Å²) in [6, 6.07) is 6.47. The van der Waals surface area contributed by atoms with E-state index in [0.29, 0.717) is 23.7 Å². The number of hydrogen-bond acceptors (Lipinski definition) is 7. The Morgan fingerprint density at radius 3 is 2.47 bits per heavy atom. The van der Waals surface area contributed by atoms with Crippen LogP contribution in [0.4, 0.5) is 5.82 Å². The lowest BCUT2D eigenvalue weighted by molar-refractivity contribution is 0.165. The van der Waals surface area contributed by atoms with Gasteiger partial charge in [0.15, 0.2) is 5.82 Å². The standard InChI is InChI=1S/C22H29N3O4S3/c1-6-17(26)18-15(5)31-21(30-12-11-13(2)3)19-20(23-22(27)25(18)19)24-32(28,29)16-9-7-14(4)8-10-16/h7-10,13,17,26H,6,11-12H2,1-5H3,(H,23,24,27). The van der Waals surface area contributed by atoms with Crippen LogP contribution in [0.1, 0.15) is 55.9 Å². The number of anilines is 1. The van der Waals surface area contributed by atoms with Gasteiger partial charge in [0.1, 0.15) is 5.69 Å². The number of thioether (sulfide) groups is 1. The Hall–Kier alpha value is -1.88. The van der Waals surface area contributed by atoms with Crippen molar-refractivity contribution in [1.82, 2.24) is 9.55 Å². The Morgan fingerprint density at radius 1 is 1.22 bits per heavy atom. The topological polar surface area (TPSA) is 101 Å². The number of aromatic nitrogens is 2. The van der Waals surface area contributed by atoms with Crippen LogP contribution < -0.4 is 10.4 Å². The van der Waals surface area contributed by atoms with E-state index in [2.05, 4.69) is 23.6 Å². The normalized spacial score (nSPS) is 13.1. The number of hydrogen-bond donors (Lipinski definition) is 2. The maximum Gasteiger partial charge on any atom is 0.354 e. The zero-order chi connectivity index (χ0) is 23.6. The molecule has 0 aliphatic carbocycles. The number of sulfonamides is 1. The molecule has 3 rings (SSSR count). The van der Waals surface area contributed by atoms with Crippen molar-refractivity contribution in [2.24, 2.45) is 5.92 Å². The van der Waals surface area contributed by atoms with Crippen molar-refractivity contribution in [3.05, 3.63) is 50.9 Å². The van der Waals surface area contributed by atoms with Crippen molar-refractivity contribution >= 4 is 38.9 Å². The molecule has 0 spiro atoms. The number of aryl methyl sites for hydroxylation is 2. The van der Waals surface area contributed by atoms with Gasteiger partial charge in [-0.15, -0.1) is 23.1 Å². The van der Waals surface area contributed by atoms with Gasteiger partial charge in [0.2, 0.25) is 0 Å². The van der Waals surface area contributed by atoms with E-state index in [-0.39, 0.29) is 10.7 Å². The Labute approximate surface area is 197 Å². The fraction of sp³-hybridized carbons (Fsp3) is 0.455. The van der Waals surface area contributed by atoms with Gasteiger partial charge in [-0.25, -0.2) is 13.2 Å². The van der Waals surface area contributed by atoms with Gasteiger partial charge in [-0.2, -0.15) is 4.98 Å². The number of imidazole rings is 1. The molecule has 2 aliphatic rings. The van der Waals surface area contributed by atoms with E-state index in [1.54, 1.807) is 23.9 Å². The largest absolute Gasteiger partial charge is 0.387 e. The average Bonchev–Trinajstić information content (AvgIpc) is 3.02. The number of nitrogens with zero attached hydrogens (tertiary/aromatic N) is 2. The summed E-state index contributed by atoms with van der Waals surface area (Å²) in [6.07, 6.45) is 0.543. The fourth-order valence-electron chi connectivity index (χ4n) is 3.25. The minimum atomic E-state index is -3.94. The molecule has 2 heterocycles. The van der Waals surface area contributed by atoms with Crippen LogP contribution in [0.5, 0.6) is 0 Å². The molecule has 32 heavy (non-hydrogen) atoms. The van der Waals surface area contributed by atoms with Gasteiger partial charge in [-0.05, 0) is 50.5 Å². The van der Waals surface area contributed by atoms with Gasteiger partial charge in [0.25, 0.3) is 10.0 Å². The lowest BCUT2D eigenvalue weighted by atomic mass is 10.2. The first-order chi connectivity index (χ1) is 15.0. The van der Waals surface area contributed by atoms with Crippen LogP contribution in [0.15, 0.2) is 38.2 Å². The molecule has 174 valence electrons. The molecule has 0 amide bonds. The van der Waals surface area contributed by atoms with Crippen LogP contribution in [0.2, 0.25) is 0 Å². The lowest BCUT2D eigenvalue weighted by Crippen LogP contribution is -2.21. The zero-order valence-corrected chi connectivity index (χ0v) is 21.3. The molecule has 2 N–H and O–H groups in total. The third-order valence-electron chi connectivity index (χ3n) is 5.08. The number of rotatable bonds is 9. The van der Waals surface area contributed by atoms with Crippen LogP contribution in [0.3, 0.4) is 0 Å². The Balaban J connectivity index is 2.13. The van der Waals surface area contributed by atoms with E-state index in [9.17, 15) is 18.3 Å². The molecular formula is C22H29N3O4S3. The number of aliphatic hydroxyl groups is 1. The number of benzene rings is 1. The van der Waals surface area contributed by atoms with E-state index in [0.717, 1.165) is 26.8 Å². The minimum absolute atomic E-state index is 0.0107. The van der Waals surface area contributed by atoms with Crippen molar-refractivity contribution in [3.63, 3.8) is 0 Å². The molecule has 7 nitrogen and oxygen atoms in total. The smallest absolute Gasteiger partial charge is 0.354 e. The second-order valence-electron chi connectivity index (χ2n) is 8.13. The number of aliphatic hydroxyl groups excluding tert-OH is 1. The summed E-state index contributed by atoms with van der Waals surface area (Å²) in [5, 5.41) is 10.6. The highest BCUT2D eigenvalue weighted by molar-refractivity contribution is 8.01. The zero-order valence-electron chi connectivity index (χ0n) is 18.9. The highest BCUT2D eigenvalue weighted by Crippen LogP contribution is 2.41. The van der Waals surface area contributed by atoms with Crippen LogP contribution in [-0.2, 0) is 10.0 Å². The molecule has 1 aromatic carbocycles. The van der Waals surface area contributed by atoms with E-state index in [1.807, 2.05) is 20.8 Å². The molecule has 2 aliphatic heterocycles. The number of nitrogens with one attached hydrogen (secondary N) is 1. The van der Waals surface area contributed by atoms with Crippen LogP contribution in [0.25, 0.3) is 5.69 Å². The van der Waals surface area contributed by atoms with E-state index in [4.69, 9.17) is 0 Å². The van der Waals surface area contributed by atoms with E-state index in [1.165, 1.54) is 28.0 Å². The van der Waals surface area contributed by atoms with Gasteiger partial charge < -0.3 is 5.11 Å². The van der Waals surface area contributed by atoms with Gasteiger partial charge >= 0.3 is 5.69 Å². The summed E-state index contributed by atoms with van der Waals surface area (Å²) >= 11 is 3.02. The first kappa shape index (κ1) is 24.8. The SMILES string of the molecule is CCC(O)c1c(C)sc(SCCC(C)C)c2c(NS(=O)(=O)c3ccc(C)cc3)nc(=O)n1-2. The summed E-state index contributed by atoms with van der Waals surface area (Å²) in [6.45, 7) is 9.85. The minimum Gasteiger partial charge on any atom is -0.387 e. The maximum absolute atomic E-state index is 13.0. The molecule has 0 fully saturated rings. The molecule has 1 aromatic rings. The van der Waals surface area contributed by atoms with Crippen LogP contribution >= 0.6 is 23.1 Å². The first-order valence-electron chi connectivity index (χ1n) is 10.5. The summed E-state index contributed by atoms with van der Waals surface area (Å²) in [5.41, 5.74) is 1.19. The third-order valence-corrected chi connectivity index (χ3v) is 8.83. The molecule has 1 atom stereocenters. The molecule has 0 saturated heterocycles. The molecule has 0 bridgehead atoms. The van der Waals surface area contributed by atoms with Crippen molar-refractivity contribution in [2.45, 2.75) is 62.7 Å². The monoisotopic (exact) mass is 495 g/mol. The van der Waals surface area contributed by atoms with Crippen molar-refractivity contribution in [1.29, 1.82) is 0 Å². The third kappa shape index (κ3) is 5.19. The molecule has 10 heteroatoms. The van der Waals surface area contributed by atoms with Crippen LogP contribution in [0, 0.1) is 19.8 Å². The second kappa shape index (κ2) is 9.94.